The van der Waals surface area contributed by atoms with Crippen LogP contribution in [0.25, 0.3) is 0 Å². The first-order valence-electron chi connectivity index (χ1n) is 7.86. The molecule has 1 fully saturated rings. The number of esters is 1. The van der Waals surface area contributed by atoms with Gasteiger partial charge in [0, 0.05) is 32.7 Å². The molecule has 0 saturated carbocycles. The zero-order valence-electron chi connectivity index (χ0n) is 13.6. The maximum atomic E-state index is 12.0. The largest absolute Gasteiger partial charge is 0.465 e. The zero-order chi connectivity index (χ0) is 15.0. The minimum atomic E-state index is -0.573. The summed E-state index contributed by atoms with van der Waals surface area (Å²) in [4.78, 5) is 17.0. The number of rotatable bonds is 8. The number of hydrogen-bond acceptors (Lipinski definition) is 5. The topological polar surface area (TPSA) is 44.8 Å². The van der Waals surface area contributed by atoms with Crippen molar-refractivity contribution in [3.05, 3.63) is 0 Å². The molecule has 0 radical (unpaired) electrons. The van der Waals surface area contributed by atoms with Crippen LogP contribution in [0.3, 0.4) is 0 Å². The van der Waals surface area contributed by atoms with Crippen LogP contribution in [0.1, 0.15) is 33.6 Å². The summed E-state index contributed by atoms with van der Waals surface area (Å²) < 4.78 is 5.16. The summed E-state index contributed by atoms with van der Waals surface area (Å²) >= 11 is 0. The second kappa shape index (κ2) is 8.60. The highest BCUT2D eigenvalue weighted by Gasteiger charge is 2.33. The maximum absolute atomic E-state index is 12.0. The van der Waals surface area contributed by atoms with Gasteiger partial charge in [-0.25, -0.2) is 0 Å². The Morgan fingerprint density at radius 2 is 1.70 bits per heavy atom. The highest BCUT2D eigenvalue weighted by atomic mass is 16.5. The Labute approximate surface area is 123 Å². The number of piperazine rings is 1. The van der Waals surface area contributed by atoms with Gasteiger partial charge >= 0.3 is 5.97 Å². The van der Waals surface area contributed by atoms with Crippen LogP contribution in [-0.4, -0.2) is 74.2 Å². The lowest BCUT2D eigenvalue weighted by Crippen LogP contribution is -2.52. The molecule has 1 saturated heterocycles. The Hall–Kier alpha value is -0.650. The van der Waals surface area contributed by atoms with Crippen LogP contribution < -0.4 is 5.32 Å². The van der Waals surface area contributed by atoms with E-state index in [9.17, 15) is 4.79 Å². The van der Waals surface area contributed by atoms with Gasteiger partial charge in [0.25, 0.3) is 0 Å². The lowest BCUT2D eigenvalue weighted by molar-refractivity contribution is -0.150. The second-order valence-corrected chi connectivity index (χ2v) is 5.74. The molecule has 1 unspecified atom stereocenters. The van der Waals surface area contributed by atoms with Gasteiger partial charge in [0.2, 0.25) is 0 Å². The highest BCUT2D eigenvalue weighted by Crippen LogP contribution is 2.14. The summed E-state index contributed by atoms with van der Waals surface area (Å²) in [5, 5.41) is 3.12. The van der Waals surface area contributed by atoms with Gasteiger partial charge in [-0.1, -0.05) is 6.92 Å². The van der Waals surface area contributed by atoms with Gasteiger partial charge in [-0.15, -0.1) is 0 Å². The molecule has 1 aliphatic rings. The van der Waals surface area contributed by atoms with E-state index in [0.717, 1.165) is 39.1 Å². The first-order valence-corrected chi connectivity index (χ1v) is 7.86. The Morgan fingerprint density at radius 3 is 2.15 bits per heavy atom. The molecule has 0 aromatic heterocycles. The van der Waals surface area contributed by atoms with Gasteiger partial charge in [-0.3, -0.25) is 4.79 Å². The summed E-state index contributed by atoms with van der Waals surface area (Å²) in [5.41, 5.74) is -0.573. The van der Waals surface area contributed by atoms with E-state index in [2.05, 4.69) is 22.0 Å². The van der Waals surface area contributed by atoms with Crippen molar-refractivity contribution >= 4 is 5.97 Å². The highest BCUT2D eigenvalue weighted by molar-refractivity contribution is 5.80. The Kier molecular flexibility index (Phi) is 7.48. The number of carbonyl (C=O) groups excluding carboxylic acids is 1. The maximum Gasteiger partial charge on any atom is 0.326 e. The van der Waals surface area contributed by atoms with E-state index in [0.29, 0.717) is 6.61 Å². The molecule has 0 amide bonds. The average Bonchev–Trinajstić information content (AvgIpc) is 2.47. The quantitative estimate of drug-likeness (QED) is 0.673. The van der Waals surface area contributed by atoms with E-state index >= 15 is 0 Å². The molecular weight excluding hydrogens is 254 g/mol. The third-order valence-corrected chi connectivity index (χ3v) is 4.21. The molecule has 118 valence electrons. The third kappa shape index (κ3) is 5.04. The summed E-state index contributed by atoms with van der Waals surface area (Å²) in [7, 11) is 1.83. The number of carbonyl (C=O) groups is 1. The molecule has 0 aromatic rings. The van der Waals surface area contributed by atoms with Gasteiger partial charge in [-0.05, 0) is 40.3 Å². The molecule has 0 aliphatic carbocycles. The number of nitrogens with zero attached hydrogens (tertiary/aromatic N) is 2. The average molecular weight is 285 g/mol. The Balaban J connectivity index is 2.36. The van der Waals surface area contributed by atoms with E-state index in [4.69, 9.17) is 4.74 Å². The molecule has 1 rings (SSSR count). The van der Waals surface area contributed by atoms with Crippen LogP contribution in [0.2, 0.25) is 0 Å². The van der Waals surface area contributed by atoms with Crippen molar-refractivity contribution in [2.75, 3.05) is 52.9 Å². The SMILES string of the molecule is CCCN1CCN(CCC(C)(NC)C(=O)OCC)CC1. The van der Waals surface area contributed by atoms with E-state index in [1.165, 1.54) is 13.0 Å². The van der Waals surface area contributed by atoms with Crippen molar-refractivity contribution in [2.24, 2.45) is 0 Å². The summed E-state index contributed by atoms with van der Waals surface area (Å²) in [6.45, 7) is 13.1. The van der Waals surface area contributed by atoms with Crippen LogP contribution in [0, 0.1) is 0 Å². The van der Waals surface area contributed by atoms with Crippen molar-refractivity contribution < 1.29 is 9.53 Å². The molecule has 0 aromatic carbocycles. The number of likely N-dealkylation sites (N-methyl/N-ethyl adjacent to an activating group) is 1. The molecular formula is C15H31N3O2. The van der Waals surface area contributed by atoms with Crippen LogP contribution in [0.5, 0.6) is 0 Å². The van der Waals surface area contributed by atoms with Crippen LogP contribution in [-0.2, 0) is 9.53 Å². The predicted octanol–water partition coefficient (Wildman–Crippen LogP) is 0.945. The molecule has 20 heavy (non-hydrogen) atoms. The Morgan fingerprint density at radius 1 is 1.15 bits per heavy atom. The summed E-state index contributed by atoms with van der Waals surface area (Å²) in [6, 6.07) is 0. The van der Waals surface area contributed by atoms with Crippen LogP contribution in [0.15, 0.2) is 0 Å². The minimum Gasteiger partial charge on any atom is -0.465 e. The van der Waals surface area contributed by atoms with Gasteiger partial charge in [-0.2, -0.15) is 0 Å². The Bertz CT molecular complexity index is 291. The molecule has 0 spiro atoms. The summed E-state index contributed by atoms with van der Waals surface area (Å²) in [5.74, 6) is -0.146. The van der Waals surface area contributed by atoms with Gasteiger partial charge in [0.05, 0.1) is 6.61 Å². The van der Waals surface area contributed by atoms with Crippen molar-refractivity contribution in [2.45, 2.75) is 39.2 Å². The molecule has 1 N–H and O–H groups in total. The minimum absolute atomic E-state index is 0.146. The van der Waals surface area contributed by atoms with Crippen molar-refractivity contribution in [1.82, 2.24) is 15.1 Å². The molecule has 1 aliphatic heterocycles. The van der Waals surface area contributed by atoms with E-state index < -0.39 is 5.54 Å². The van der Waals surface area contributed by atoms with Crippen molar-refractivity contribution in [1.29, 1.82) is 0 Å². The van der Waals surface area contributed by atoms with Crippen molar-refractivity contribution in [3.8, 4) is 0 Å². The first-order chi connectivity index (χ1) is 9.55. The standard InChI is InChI=1S/C15H31N3O2/c1-5-8-17-10-12-18(13-11-17)9-7-15(3,16-4)14(19)20-6-2/h16H,5-13H2,1-4H3. The fourth-order valence-electron chi connectivity index (χ4n) is 2.55. The van der Waals surface area contributed by atoms with Gasteiger partial charge < -0.3 is 19.9 Å². The van der Waals surface area contributed by atoms with Crippen molar-refractivity contribution in [3.63, 3.8) is 0 Å². The molecule has 1 atom stereocenters. The van der Waals surface area contributed by atoms with Gasteiger partial charge in [0.1, 0.15) is 5.54 Å². The smallest absolute Gasteiger partial charge is 0.326 e. The van der Waals surface area contributed by atoms with Gasteiger partial charge in [0.15, 0.2) is 0 Å². The normalized spacial score (nSPS) is 20.6. The lowest BCUT2D eigenvalue weighted by Gasteiger charge is -2.36. The van der Waals surface area contributed by atoms with Crippen LogP contribution in [0.4, 0.5) is 0 Å². The monoisotopic (exact) mass is 285 g/mol. The zero-order valence-corrected chi connectivity index (χ0v) is 13.6. The molecule has 5 nitrogen and oxygen atoms in total. The lowest BCUT2D eigenvalue weighted by atomic mass is 9.97. The fraction of sp³-hybridized carbons (Fsp3) is 0.933. The molecule has 0 bridgehead atoms. The van der Waals surface area contributed by atoms with E-state index in [-0.39, 0.29) is 5.97 Å². The number of nitrogens with one attached hydrogen (secondary N) is 1. The first kappa shape index (κ1) is 17.4. The second-order valence-electron chi connectivity index (χ2n) is 5.74. The number of ether oxygens (including phenoxy) is 1. The summed E-state index contributed by atoms with van der Waals surface area (Å²) in [6.07, 6.45) is 2.01. The predicted molar refractivity (Wildman–Crippen MR) is 81.9 cm³/mol. The fourth-order valence-corrected chi connectivity index (χ4v) is 2.55. The molecule has 1 heterocycles. The number of hydrogen-bond donors (Lipinski definition) is 1. The van der Waals surface area contributed by atoms with E-state index in [1.807, 2.05) is 20.9 Å². The third-order valence-electron chi connectivity index (χ3n) is 4.21. The molecule has 5 heteroatoms. The van der Waals surface area contributed by atoms with E-state index in [1.54, 1.807) is 0 Å². The van der Waals surface area contributed by atoms with Crippen LogP contribution >= 0.6 is 0 Å².